The molecule has 0 N–H and O–H groups in total. The van der Waals surface area contributed by atoms with Crippen LogP contribution >= 0.6 is 11.3 Å². The molecule has 0 aliphatic rings. The molecule has 1 aromatic heterocycles. The lowest BCUT2D eigenvalue weighted by molar-refractivity contribution is -0.118. The number of benzene rings is 1. The standard InChI is InChI=1S/C15H20N2OS/c1-5-7-12(18)16-15-17(6-2)13-10(3)8-9-11(4)14(13)19-15/h8-9H,5-7H2,1-4H3. The summed E-state index contributed by atoms with van der Waals surface area (Å²) in [7, 11) is 0. The topological polar surface area (TPSA) is 34.4 Å². The smallest absolute Gasteiger partial charge is 0.248 e. The fraction of sp³-hybridized carbons (Fsp3) is 0.467. The molecule has 0 saturated heterocycles. The zero-order valence-corrected chi connectivity index (χ0v) is 12.8. The van der Waals surface area contributed by atoms with Crippen molar-refractivity contribution in [2.75, 3.05) is 0 Å². The van der Waals surface area contributed by atoms with E-state index in [1.54, 1.807) is 11.3 Å². The van der Waals surface area contributed by atoms with Crippen LogP contribution in [-0.2, 0) is 11.3 Å². The second kappa shape index (κ2) is 5.70. The van der Waals surface area contributed by atoms with Crippen LogP contribution in [0, 0.1) is 13.8 Å². The maximum Gasteiger partial charge on any atom is 0.248 e. The van der Waals surface area contributed by atoms with Crippen LogP contribution in [-0.4, -0.2) is 10.5 Å². The van der Waals surface area contributed by atoms with Gasteiger partial charge in [0.25, 0.3) is 0 Å². The SMILES string of the molecule is CCCC(=O)N=c1sc2c(C)ccc(C)c2n1CC. The molecule has 1 aromatic carbocycles. The Labute approximate surface area is 117 Å². The monoisotopic (exact) mass is 276 g/mol. The number of nitrogens with zero attached hydrogens (tertiary/aromatic N) is 2. The van der Waals surface area contributed by atoms with Crippen LogP contribution in [0.3, 0.4) is 0 Å². The molecular weight excluding hydrogens is 256 g/mol. The highest BCUT2D eigenvalue weighted by Gasteiger charge is 2.10. The van der Waals surface area contributed by atoms with Crippen molar-refractivity contribution in [1.82, 2.24) is 4.57 Å². The molecule has 0 spiro atoms. The summed E-state index contributed by atoms with van der Waals surface area (Å²) in [5.41, 5.74) is 3.70. The summed E-state index contributed by atoms with van der Waals surface area (Å²) in [6, 6.07) is 4.26. The second-order valence-corrected chi connectivity index (χ2v) is 5.74. The Bertz CT molecular complexity index is 679. The van der Waals surface area contributed by atoms with Gasteiger partial charge >= 0.3 is 0 Å². The molecule has 1 amide bonds. The Kier molecular flexibility index (Phi) is 4.20. The van der Waals surface area contributed by atoms with Crippen LogP contribution in [0.4, 0.5) is 0 Å². The Balaban J connectivity index is 2.73. The quantitative estimate of drug-likeness (QED) is 0.844. The molecule has 0 saturated carbocycles. The number of carbonyl (C=O) groups excluding carboxylic acids is 1. The van der Waals surface area contributed by atoms with Crippen LogP contribution in [0.1, 0.15) is 37.8 Å². The molecule has 3 nitrogen and oxygen atoms in total. The van der Waals surface area contributed by atoms with Gasteiger partial charge in [-0.2, -0.15) is 4.99 Å². The van der Waals surface area contributed by atoms with Gasteiger partial charge in [-0.25, -0.2) is 0 Å². The summed E-state index contributed by atoms with van der Waals surface area (Å²) in [5.74, 6) is -0.0217. The zero-order valence-electron chi connectivity index (χ0n) is 12.0. The molecule has 0 unspecified atom stereocenters. The van der Waals surface area contributed by atoms with Gasteiger partial charge in [0.05, 0.1) is 10.2 Å². The van der Waals surface area contributed by atoms with E-state index < -0.39 is 0 Å². The van der Waals surface area contributed by atoms with Crippen LogP contribution in [0.2, 0.25) is 0 Å². The van der Waals surface area contributed by atoms with Crippen molar-refractivity contribution in [3.63, 3.8) is 0 Å². The number of hydrogen-bond acceptors (Lipinski definition) is 2. The highest BCUT2D eigenvalue weighted by Crippen LogP contribution is 2.24. The normalized spacial score (nSPS) is 12.3. The predicted octanol–water partition coefficient (Wildman–Crippen LogP) is 3.57. The largest absolute Gasteiger partial charge is 0.316 e. The molecule has 0 aliphatic heterocycles. The number of carbonyl (C=O) groups is 1. The second-order valence-electron chi connectivity index (χ2n) is 4.76. The molecule has 2 rings (SSSR count). The fourth-order valence-electron chi connectivity index (χ4n) is 2.23. The number of aryl methyl sites for hydroxylation is 3. The third-order valence-electron chi connectivity index (χ3n) is 3.22. The van der Waals surface area contributed by atoms with Crippen LogP contribution in [0.25, 0.3) is 10.2 Å². The molecular formula is C15H20N2OS. The van der Waals surface area contributed by atoms with Crippen molar-refractivity contribution < 1.29 is 4.79 Å². The van der Waals surface area contributed by atoms with Crippen LogP contribution in [0.15, 0.2) is 17.1 Å². The summed E-state index contributed by atoms with van der Waals surface area (Å²) in [4.78, 5) is 16.9. The lowest BCUT2D eigenvalue weighted by atomic mass is 10.1. The van der Waals surface area contributed by atoms with Crippen molar-refractivity contribution in [3.8, 4) is 0 Å². The molecule has 19 heavy (non-hydrogen) atoms. The molecule has 0 atom stereocenters. The maximum absolute atomic E-state index is 11.8. The predicted molar refractivity (Wildman–Crippen MR) is 80.4 cm³/mol. The van der Waals surface area contributed by atoms with E-state index >= 15 is 0 Å². The van der Waals surface area contributed by atoms with Gasteiger partial charge in [-0.1, -0.05) is 30.4 Å². The maximum atomic E-state index is 11.8. The van der Waals surface area contributed by atoms with Crippen LogP contribution in [0.5, 0.6) is 0 Å². The van der Waals surface area contributed by atoms with E-state index in [9.17, 15) is 4.79 Å². The van der Waals surface area contributed by atoms with Crippen molar-refractivity contribution in [3.05, 3.63) is 28.1 Å². The summed E-state index contributed by atoms with van der Waals surface area (Å²) < 4.78 is 3.39. The van der Waals surface area contributed by atoms with E-state index in [2.05, 4.69) is 42.5 Å². The van der Waals surface area contributed by atoms with Crippen molar-refractivity contribution in [2.45, 2.75) is 47.1 Å². The molecule has 4 heteroatoms. The minimum atomic E-state index is -0.0217. The van der Waals surface area contributed by atoms with E-state index in [-0.39, 0.29) is 5.91 Å². The van der Waals surface area contributed by atoms with Crippen molar-refractivity contribution in [2.24, 2.45) is 4.99 Å². The van der Waals surface area contributed by atoms with Gasteiger partial charge in [0.15, 0.2) is 4.80 Å². The van der Waals surface area contributed by atoms with E-state index in [0.29, 0.717) is 6.42 Å². The van der Waals surface area contributed by atoms with E-state index in [1.165, 1.54) is 21.3 Å². The van der Waals surface area contributed by atoms with Gasteiger partial charge < -0.3 is 4.57 Å². The van der Waals surface area contributed by atoms with E-state index in [0.717, 1.165) is 17.8 Å². The molecule has 0 radical (unpaired) electrons. The number of aromatic nitrogens is 1. The zero-order chi connectivity index (χ0) is 14.0. The fourth-order valence-corrected chi connectivity index (χ4v) is 3.49. The Morgan fingerprint density at radius 3 is 2.58 bits per heavy atom. The Morgan fingerprint density at radius 2 is 1.95 bits per heavy atom. The van der Waals surface area contributed by atoms with Crippen LogP contribution < -0.4 is 4.80 Å². The number of amides is 1. The summed E-state index contributed by atoms with van der Waals surface area (Å²) in [6.45, 7) is 9.15. The van der Waals surface area contributed by atoms with Crippen molar-refractivity contribution in [1.29, 1.82) is 0 Å². The Morgan fingerprint density at radius 1 is 1.26 bits per heavy atom. The van der Waals surface area contributed by atoms with Gasteiger partial charge in [-0.3, -0.25) is 4.79 Å². The molecule has 0 aliphatic carbocycles. The van der Waals surface area contributed by atoms with E-state index in [4.69, 9.17) is 0 Å². The van der Waals surface area contributed by atoms with Gasteiger partial charge in [0.1, 0.15) is 0 Å². The first kappa shape index (κ1) is 14.0. The number of thiazole rings is 1. The average molecular weight is 276 g/mol. The lowest BCUT2D eigenvalue weighted by Crippen LogP contribution is -2.16. The molecule has 0 fully saturated rings. The number of rotatable bonds is 3. The van der Waals surface area contributed by atoms with Gasteiger partial charge in [0.2, 0.25) is 5.91 Å². The molecule has 102 valence electrons. The summed E-state index contributed by atoms with van der Waals surface area (Å²) in [5, 5.41) is 0. The first-order chi connectivity index (χ1) is 9.08. The number of fused-ring (bicyclic) bond motifs is 1. The highest BCUT2D eigenvalue weighted by molar-refractivity contribution is 7.16. The first-order valence-electron chi connectivity index (χ1n) is 6.75. The minimum Gasteiger partial charge on any atom is -0.316 e. The lowest BCUT2D eigenvalue weighted by Gasteiger charge is -2.04. The third-order valence-corrected chi connectivity index (χ3v) is 4.44. The summed E-state index contributed by atoms with van der Waals surface area (Å²) in [6.07, 6.45) is 1.37. The molecule has 0 bridgehead atoms. The molecule has 1 heterocycles. The highest BCUT2D eigenvalue weighted by atomic mass is 32.1. The molecule has 2 aromatic rings. The Hall–Kier alpha value is -1.42. The van der Waals surface area contributed by atoms with Gasteiger partial charge in [-0.05, 0) is 38.3 Å². The number of hydrogen-bond donors (Lipinski definition) is 0. The van der Waals surface area contributed by atoms with E-state index in [1.807, 2.05) is 6.92 Å². The van der Waals surface area contributed by atoms with Crippen molar-refractivity contribution >= 4 is 27.5 Å². The first-order valence-corrected chi connectivity index (χ1v) is 7.57. The minimum absolute atomic E-state index is 0.0217. The van der Waals surface area contributed by atoms with Gasteiger partial charge in [0, 0.05) is 13.0 Å². The summed E-state index contributed by atoms with van der Waals surface area (Å²) >= 11 is 1.62. The average Bonchev–Trinajstić information content (AvgIpc) is 2.73. The van der Waals surface area contributed by atoms with Gasteiger partial charge in [-0.15, -0.1) is 0 Å². The third kappa shape index (κ3) is 2.63.